The summed E-state index contributed by atoms with van der Waals surface area (Å²) in [4.78, 5) is 25.8. The fourth-order valence-corrected chi connectivity index (χ4v) is 3.03. The smallest absolute Gasteiger partial charge is 0.251 e. The molecule has 0 spiro atoms. The predicted octanol–water partition coefficient (Wildman–Crippen LogP) is 3.18. The van der Waals surface area contributed by atoms with E-state index in [0.717, 1.165) is 18.7 Å². The summed E-state index contributed by atoms with van der Waals surface area (Å²) in [7, 11) is 0. The minimum Gasteiger partial charge on any atom is -0.372 e. The summed E-state index contributed by atoms with van der Waals surface area (Å²) < 4.78 is 0. The van der Waals surface area contributed by atoms with Crippen molar-refractivity contribution in [3.8, 4) is 0 Å². The lowest BCUT2D eigenvalue weighted by Gasteiger charge is -2.17. The maximum absolute atomic E-state index is 12.3. The van der Waals surface area contributed by atoms with Crippen LogP contribution in [0, 0.1) is 0 Å². The Morgan fingerprint density at radius 3 is 2.44 bits per heavy atom. The van der Waals surface area contributed by atoms with Gasteiger partial charge in [-0.05, 0) is 48.7 Å². The monoisotopic (exact) mass is 337 g/mol. The van der Waals surface area contributed by atoms with E-state index < -0.39 is 0 Å². The Labute approximate surface area is 148 Å². The second-order valence-corrected chi connectivity index (χ2v) is 6.31. The molecule has 2 amide bonds. The number of carbonyl (C=O) groups is 2. The van der Waals surface area contributed by atoms with E-state index in [4.69, 9.17) is 0 Å². The molecule has 1 fully saturated rings. The lowest BCUT2D eigenvalue weighted by atomic mass is 10.1. The first kappa shape index (κ1) is 17.0. The van der Waals surface area contributed by atoms with Gasteiger partial charge in [0.1, 0.15) is 0 Å². The summed E-state index contributed by atoms with van der Waals surface area (Å²) in [5.41, 5.74) is 3.46. The lowest BCUT2D eigenvalue weighted by molar-refractivity contribution is -0.114. The summed E-state index contributed by atoms with van der Waals surface area (Å²) in [6.45, 7) is 4.17. The molecule has 25 heavy (non-hydrogen) atoms. The van der Waals surface area contributed by atoms with E-state index in [1.165, 1.54) is 25.5 Å². The summed E-state index contributed by atoms with van der Waals surface area (Å²) in [6, 6.07) is 15.3. The van der Waals surface area contributed by atoms with Gasteiger partial charge in [-0.2, -0.15) is 0 Å². The molecule has 2 aromatic carbocycles. The maximum atomic E-state index is 12.3. The van der Waals surface area contributed by atoms with Crippen molar-refractivity contribution in [2.24, 2.45) is 0 Å². The van der Waals surface area contributed by atoms with Crippen LogP contribution in [-0.4, -0.2) is 24.9 Å². The number of amides is 2. The zero-order valence-electron chi connectivity index (χ0n) is 14.4. The molecule has 3 rings (SSSR count). The molecule has 1 saturated heterocycles. The molecule has 1 heterocycles. The van der Waals surface area contributed by atoms with Crippen molar-refractivity contribution in [2.75, 3.05) is 23.3 Å². The third-order valence-corrected chi connectivity index (χ3v) is 4.31. The van der Waals surface area contributed by atoms with Crippen LogP contribution in [0.4, 0.5) is 11.4 Å². The highest BCUT2D eigenvalue weighted by molar-refractivity contribution is 5.96. The van der Waals surface area contributed by atoms with Gasteiger partial charge >= 0.3 is 0 Å². The summed E-state index contributed by atoms with van der Waals surface area (Å²) in [5.74, 6) is -0.313. The van der Waals surface area contributed by atoms with E-state index in [1.54, 1.807) is 24.3 Å². The van der Waals surface area contributed by atoms with Gasteiger partial charge in [-0.3, -0.25) is 9.59 Å². The van der Waals surface area contributed by atoms with Crippen molar-refractivity contribution in [1.82, 2.24) is 5.32 Å². The standard InChI is InChI=1S/C20H23N3O2/c1-15(24)22-18-6-4-5-17(13-18)20(25)21-14-16-7-9-19(10-8-16)23-11-2-3-12-23/h4-10,13H,2-3,11-12,14H2,1H3,(H,21,25)(H,22,24). The molecule has 130 valence electrons. The summed E-state index contributed by atoms with van der Waals surface area (Å²) >= 11 is 0. The zero-order valence-corrected chi connectivity index (χ0v) is 14.4. The first-order chi connectivity index (χ1) is 12.1. The fraction of sp³-hybridized carbons (Fsp3) is 0.300. The number of anilines is 2. The van der Waals surface area contributed by atoms with Crippen LogP contribution in [0.15, 0.2) is 48.5 Å². The Morgan fingerprint density at radius 2 is 1.76 bits per heavy atom. The highest BCUT2D eigenvalue weighted by Crippen LogP contribution is 2.20. The minimum atomic E-state index is -0.157. The summed E-state index contributed by atoms with van der Waals surface area (Å²) in [5, 5.41) is 5.60. The third-order valence-electron chi connectivity index (χ3n) is 4.31. The van der Waals surface area contributed by atoms with E-state index >= 15 is 0 Å². The number of rotatable bonds is 5. The van der Waals surface area contributed by atoms with Crippen LogP contribution in [0.2, 0.25) is 0 Å². The average Bonchev–Trinajstić information content (AvgIpc) is 3.14. The van der Waals surface area contributed by atoms with Crippen LogP contribution in [-0.2, 0) is 11.3 Å². The van der Waals surface area contributed by atoms with Crippen LogP contribution in [0.25, 0.3) is 0 Å². The Morgan fingerprint density at radius 1 is 1.04 bits per heavy atom. The number of benzene rings is 2. The van der Waals surface area contributed by atoms with Crippen molar-refractivity contribution in [1.29, 1.82) is 0 Å². The first-order valence-corrected chi connectivity index (χ1v) is 8.61. The van der Waals surface area contributed by atoms with Crippen molar-refractivity contribution in [2.45, 2.75) is 26.3 Å². The maximum Gasteiger partial charge on any atom is 0.251 e. The highest BCUT2D eigenvalue weighted by atomic mass is 16.2. The normalized spacial score (nSPS) is 13.6. The van der Waals surface area contributed by atoms with Gasteiger partial charge in [-0.1, -0.05) is 18.2 Å². The SMILES string of the molecule is CC(=O)Nc1cccc(C(=O)NCc2ccc(N3CCCC3)cc2)c1. The lowest BCUT2D eigenvalue weighted by Crippen LogP contribution is -2.23. The topological polar surface area (TPSA) is 61.4 Å². The number of nitrogens with one attached hydrogen (secondary N) is 2. The molecule has 1 aliphatic heterocycles. The van der Waals surface area contributed by atoms with Gasteiger partial charge in [-0.25, -0.2) is 0 Å². The van der Waals surface area contributed by atoms with Crippen molar-refractivity contribution in [3.63, 3.8) is 0 Å². The van der Waals surface area contributed by atoms with Crippen LogP contribution in [0.1, 0.15) is 35.7 Å². The molecule has 0 radical (unpaired) electrons. The molecule has 0 aliphatic carbocycles. The van der Waals surface area contributed by atoms with Crippen LogP contribution in [0.3, 0.4) is 0 Å². The minimum absolute atomic E-state index is 0.157. The van der Waals surface area contributed by atoms with E-state index in [0.29, 0.717) is 17.8 Å². The van der Waals surface area contributed by atoms with Gasteiger partial charge < -0.3 is 15.5 Å². The Balaban J connectivity index is 1.57. The van der Waals surface area contributed by atoms with Crippen molar-refractivity contribution in [3.05, 3.63) is 59.7 Å². The molecular formula is C20H23N3O2. The van der Waals surface area contributed by atoms with E-state index in [2.05, 4.69) is 39.8 Å². The Hall–Kier alpha value is -2.82. The van der Waals surface area contributed by atoms with Crippen LogP contribution in [0.5, 0.6) is 0 Å². The molecule has 0 atom stereocenters. The number of hydrogen-bond donors (Lipinski definition) is 2. The Bertz CT molecular complexity index is 750. The van der Waals surface area contributed by atoms with Gasteiger partial charge in [0.15, 0.2) is 0 Å². The van der Waals surface area contributed by atoms with Gasteiger partial charge in [-0.15, -0.1) is 0 Å². The molecular weight excluding hydrogens is 314 g/mol. The second-order valence-electron chi connectivity index (χ2n) is 6.31. The third kappa shape index (κ3) is 4.59. The van der Waals surface area contributed by atoms with E-state index in [9.17, 15) is 9.59 Å². The van der Waals surface area contributed by atoms with Crippen LogP contribution < -0.4 is 15.5 Å². The van der Waals surface area contributed by atoms with Gasteiger partial charge in [0.05, 0.1) is 0 Å². The van der Waals surface area contributed by atoms with Crippen LogP contribution >= 0.6 is 0 Å². The molecule has 5 heteroatoms. The van der Waals surface area contributed by atoms with Gasteiger partial charge in [0.25, 0.3) is 5.91 Å². The number of carbonyl (C=O) groups excluding carboxylic acids is 2. The number of nitrogens with zero attached hydrogens (tertiary/aromatic N) is 1. The zero-order chi connectivity index (χ0) is 17.6. The van der Waals surface area contributed by atoms with Crippen molar-refractivity contribution >= 4 is 23.2 Å². The fourth-order valence-electron chi connectivity index (χ4n) is 3.03. The molecule has 2 aromatic rings. The molecule has 0 aromatic heterocycles. The molecule has 5 nitrogen and oxygen atoms in total. The second kappa shape index (κ2) is 7.83. The molecule has 0 saturated carbocycles. The van der Waals surface area contributed by atoms with Crippen molar-refractivity contribution < 1.29 is 9.59 Å². The van der Waals surface area contributed by atoms with E-state index in [-0.39, 0.29) is 11.8 Å². The largest absolute Gasteiger partial charge is 0.372 e. The van der Waals surface area contributed by atoms with Gasteiger partial charge in [0.2, 0.25) is 5.91 Å². The van der Waals surface area contributed by atoms with E-state index in [1.807, 2.05) is 0 Å². The molecule has 2 N–H and O–H groups in total. The number of hydrogen-bond acceptors (Lipinski definition) is 3. The first-order valence-electron chi connectivity index (χ1n) is 8.61. The quantitative estimate of drug-likeness (QED) is 0.881. The summed E-state index contributed by atoms with van der Waals surface area (Å²) in [6.07, 6.45) is 2.52. The molecule has 0 bridgehead atoms. The molecule has 1 aliphatic rings. The van der Waals surface area contributed by atoms with Gasteiger partial charge in [0, 0.05) is 43.5 Å². The average molecular weight is 337 g/mol. The predicted molar refractivity (Wildman–Crippen MR) is 99.8 cm³/mol. The molecule has 0 unspecified atom stereocenters. The Kier molecular flexibility index (Phi) is 5.33. The highest BCUT2D eigenvalue weighted by Gasteiger charge is 2.12.